The molecule has 0 atom stereocenters. The first-order chi connectivity index (χ1) is 12.1. The minimum Gasteiger partial charge on any atom is -0.378 e. The molecule has 0 aliphatic carbocycles. The third kappa shape index (κ3) is 2.86. The molecule has 4 heterocycles. The average Bonchev–Trinajstić information content (AvgIpc) is 3.06. The highest BCUT2D eigenvalue weighted by Gasteiger charge is 2.21. The van der Waals surface area contributed by atoms with E-state index in [4.69, 9.17) is 20.4 Å². The van der Waals surface area contributed by atoms with Crippen molar-refractivity contribution in [1.29, 1.82) is 0 Å². The van der Waals surface area contributed by atoms with Crippen molar-refractivity contribution in [3.63, 3.8) is 0 Å². The van der Waals surface area contributed by atoms with Crippen LogP contribution in [0.25, 0.3) is 22.6 Å². The van der Waals surface area contributed by atoms with Gasteiger partial charge >= 0.3 is 0 Å². The van der Waals surface area contributed by atoms with Crippen LogP contribution in [0, 0.1) is 0 Å². The molecule has 0 amide bonds. The summed E-state index contributed by atoms with van der Waals surface area (Å²) in [4.78, 5) is 24.3. The lowest BCUT2D eigenvalue weighted by molar-refractivity contribution is 0.122. The maximum atomic E-state index is 5.59. The van der Waals surface area contributed by atoms with Gasteiger partial charge in [-0.25, -0.2) is 24.9 Å². The van der Waals surface area contributed by atoms with Gasteiger partial charge in [-0.1, -0.05) is 0 Å². The van der Waals surface area contributed by atoms with Gasteiger partial charge in [0, 0.05) is 31.5 Å². The molecular formula is C16H20N8O. The molecular weight excluding hydrogens is 320 g/mol. The lowest BCUT2D eigenvalue weighted by Gasteiger charge is -2.28. The van der Waals surface area contributed by atoms with E-state index in [1.54, 1.807) is 12.4 Å². The first kappa shape index (κ1) is 15.7. The summed E-state index contributed by atoms with van der Waals surface area (Å²) in [6.45, 7) is 7.11. The van der Waals surface area contributed by atoms with Crippen molar-refractivity contribution in [3.8, 4) is 11.4 Å². The molecule has 130 valence electrons. The molecule has 0 aromatic carbocycles. The Bertz CT molecular complexity index is 883. The molecule has 4 rings (SSSR count). The van der Waals surface area contributed by atoms with E-state index in [0.29, 0.717) is 19.0 Å². The third-order valence-corrected chi connectivity index (χ3v) is 4.20. The molecule has 1 saturated heterocycles. The summed E-state index contributed by atoms with van der Waals surface area (Å²) in [5.41, 5.74) is 7.92. The van der Waals surface area contributed by atoms with Gasteiger partial charge in [-0.3, -0.25) is 0 Å². The predicted octanol–water partition coefficient (Wildman–Crippen LogP) is 1.28. The minimum absolute atomic E-state index is 0.227. The van der Waals surface area contributed by atoms with E-state index in [0.717, 1.165) is 35.6 Å². The van der Waals surface area contributed by atoms with Crippen LogP contribution in [-0.4, -0.2) is 55.8 Å². The summed E-state index contributed by atoms with van der Waals surface area (Å²) in [7, 11) is 0. The van der Waals surface area contributed by atoms with Crippen molar-refractivity contribution in [1.82, 2.24) is 29.5 Å². The summed E-state index contributed by atoms with van der Waals surface area (Å²) in [5.74, 6) is 1.61. The van der Waals surface area contributed by atoms with Crippen LogP contribution in [0.2, 0.25) is 0 Å². The second-order valence-corrected chi connectivity index (χ2v) is 6.22. The molecule has 9 nitrogen and oxygen atoms in total. The molecule has 0 bridgehead atoms. The zero-order valence-corrected chi connectivity index (χ0v) is 14.3. The highest BCUT2D eigenvalue weighted by Crippen LogP contribution is 2.28. The fraction of sp³-hybridized carbons (Fsp3) is 0.438. The van der Waals surface area contributed by atoms with E-state index in [9.17, 15) is 0 Å². The Kier molecular flexibility index (Phi) is 3.92. The van der Waals surface area contributed by atoms with Gasteiger partial charge in [0.1, 0.15) is 0 Å². The number of nitrogens with two attached hydrogens (primary N) is 1. The van der Waals surface area contributed by atoms with Gasteiger partial charge in [-0.2, -0.15) is 0 Å². The molecule has 0 saturated carbocycles. The topological polar surface area (TPSA) is 108 Å². The SMILES string of the molecule is CC(C)n1cnc2c(N3CCOCC3)nc(-c3cnc(N)nc3)nc21. The zero-order valence-electron chi connectivity index (χ0n) is 14.3. The Morgan fingerprint density at radius 3 is 2.48 bits per heavy atom. The van der Waals surface area contributed by atoms with Gasteiger partial charge in [-0.05, 0) is 13.8 Å². The Morgan fingerprint density at radius 2 is 1.80 bits per heavy atom. The maximum absolute atomic E-state index is 5.59. The van der Waals surface area contributed by atoms with Crippen molar-refractivity contribution in [2.24, 2.45) is 0 Å². The fourth-order valence-electron chi connectivity index (χ4n) is 2.86. The number of hydrogen-bond acceptors (Lipinski definition) is 8. The van der Waals surface area contributed by atoms with Crippen molar-refractivity contribution >= 4 is 22.9 Å². The number of ether oxygens (including phenoxy) is 1. The lowest BCUT2D eigenvalue weighted by Crippen LogP contribution is -2.37. The summed E-state index contributed by atoms with van der Waals surface area (Å²) in [6.07, 6.45) is 5.10. The van der Waals surface area contributed by atoms with Gasteiger partial charge < -0.3 is 19.9 Å². The third-order valence-electron chi connectivity index (χ3n) is 4.20. The van der Waals surface area contributed by atoms with Gasteiger partial charge in [0.15, 0.2) is 22.8 Å². The molecule has 9 heteroatoms. The summed E-state index contributed by atoms with van der Waals surface area (Å²) >= 11 is 0. The van der Waals surface area contributed by atoms with Crippen LogP contribution in [0.15, 0.2) is 18.7 Å². The van der Waals surface area contributed by atoms with E-state index in [1.165, 1.54) is 0 Å². The normalized spacial score (nSPS) is 15.2. The molecule has 0 spiro atoms. The number of imidazole rings is 1. The molecule has 1 aliphatic heterocycles. The Labute approximate surface area is 144 Å². The van der Waals surface area contributed by atoms with Gasteiger partial charge in [-0.15, -0.1) is 0 Å². The van der Waals surface area contributed by atoms with Crippen molar-refractivity contribution in [2.75, 3.05) is 36.9 Å². The first-order valence-corrected chi connectivity index (χ1v) is 8.28. The van der Waals surface area contributed by atoms with Crippen LogP contribution >= 0.6 is 0 Å². The van der Waals surface area contributed by atoms with Crippen LogP contribution in [0.5, 0.6) is 0 Å². The molecule has 0 unspecified atom stereocenters. The number of fused-ring (bicyclic) bond motifs is 1. The van der Waals surface area contributed by atoms with Crippen molar-refractivity contribution < 1.29 is 4.74 Å². The highest BCUT2D eigenvalue weighted by molar-refractivity contribution is 5.85. The Morgan fingerprint density at radius 1 is 1.08 bits per heavy atom. The summed E-state index contributed by atoms with van der Waals surface area (Å²) in [6, 6.07) is 0.243. The molecule has 3 aromatic heterocycles. The molecule has 0 radical (unpaired) electrons. The van der Waals surface area contributed by atoms with Crippen molar-refractivity contribution in [3.05, 3.63) is 18.7 Å². The highest BCUT2D eigenvalue weighted by atomic mass is 16.5. The number of anilines is 2. The largest absolute Gasteiger partial charge is 0.378 e. The quantitative estimate of drug-likeness (QED) is 0.760. The average molecular weight is 340 g/mol. The van der Waals surface area contributed by atoms with Crippen molar-refractivity contribution in [2.45, 2.75) is 19.9 Å². The summed E-state index contributed by atoms with van der Waals surface area (Å²) in [5, 5.41) is 0. The minimum atomic E-state index is 0.227. The monoisotopic (exact) mass is 340 g/mol. The second kappa shape index (κ2) is 6.25. The molecule has 25 heavy (non-hydrogen) atoms. The number of rotatable bonds is 3. The molecule has 1 aliphatic rings. The molecule has 2 N–H and O–H groups in total. The number of hydrogen-bond donors (Lipinski definition) is 1. The van der Waals surface area contributed by atoms with E-state index >= 15 is 0 Å². The van der Waals surface area contributed by atoms with Crippen LogP contribution in [0.3, 0.4) is 0 Å². The van der Waals surface area contributed by atoms with E-state index in [-0.39, 0.29) is 12.0 Å². The van der Waals surface area contributed by atoms with Crippen LogP contribution in [-0.2, 0) is 4.74 Å². The van der Waals surface area contributed by atoms with E-state index in [1.807, 2.05) is 10.9 Å². The van der Waals surface area contributed by atoms with E-state index < -0.39 is 0 Å². The van der Waals surface area contributed by atoms with Crippen LogP contribution in [0.1, 0.15) is 19.9 Å². The van der Waals surface area contributed by atoms with Gasteiger partial charge in [0.25, 0.3) is 0 Å². The van der Waals surface area contributed by atoms with Gasteiger partial charge in [0.05, 0.1) is 25.1 Å². The van der Waals surface area contributed by atoms with Gasteiger partial charge in [0.2, 0.25) is 5.95 Å². The molecule has 3 aromatic rings. The number of aromatic nitrogens is 6. The first-order valence-electron chi connectivity index (χ1n) is 8.28. The molecule has 1 fully saturated rings. The second-order valence-electron chi connectivity index (χ2n) is 6.22. The Hall–Kier alpha value is -2.81. The number of morpholine rings is 1. The Balaban J connectivity index is 1.90. The van der Waals surface area contributed by atoms with E-state index in [2.05, 4.69) is 33.7 Å². The standard InChI is InChI=1S/C16H20N8O/c1-10(2)24-9-20-12-14(23-3-5-25-6-4-23)21-13(22-15(12)24)11-7-18-16(17)19-8-11/h7-10H,3-6H2,1-2H3,(H2,17,18,19). The smallest absolute Gasteiger partial charge is 0.219 e. The predicted molar refractivity (Wildman–Crippen MR) is 94.2 cm³/mol. The fourth-order valence-corrected chi connectivity index (χ4v) is 2.86. The van der Waals surface area contributed by atoms with Crippen LogP contribution in [0.4, 0.5) is 11.8 Å². The van der Waals surface area contributed by atoms with Crippen LogP contribution < -0.4 is 10.6 Å². The number of nitrogens with zero attached hydrogens (tertiary/aromatic N) is 7. The lowest BCUT2D eigenvalue weighted by atomic mass is 10.3. The number of nitrogen functional groups attached to an aromatic ring is 1. The zero-order chi connectivity index (χ0) is 17.4. The summed E-state index contributed by atoms with van der Waals surface area (Å²) < 4.78 is 7.50. The maximum Gasteiger partial charge on any atom is 0.219 e.